The Balaban J connectivity index is 1.56. The molecule has 2 unspecified atom stereocenters. The van der Waals surface area contributed by atoms with Crippen LogP contribution in [0, 0.1) is 0 Å². The highest BCUT2D eigenvalue weighted by atomic mass is 32.1. The lowest BCUT2D eigenvalue weighted by molar-refractivity contribution is 0.0395. The van der Waals surface area contributed by atoms with Crippen molar-refractivity contribution < 1.29 is 9.47 Å². The minimum atomic E-state index is 0.147. The molecule has 3 aromatic rings. The van der Waals surface area contributed by atoms with E-state index in [4.69, 9.17) is 19.4 Å². The highest BCUT2D eigenvalue weighted by molar-refractivity contribution is 7.08. The number of hydrogen-bond donors (Lipinski definition) is 1. The smallest absolute Gasteiger partial charge is 0.162 e. The summed E-state index contributed by atoms with van der Waals surface area (Å²) >= 11 is 1.65. The fourth-order valence-corrected chi connectivity index (χ4v) is 3.54. The molecular weight excluding hydrogens is 334 g/mol. The summed E-state index contributed by atoms with van der Waals surface area (Å²) in [7, 11) is 0. The van der Waals surface area contributed by atoms with Gasteiger partial charge in [0.05, 0.1) is 24.8 Å². The molecule has 1 aliphatic heterocycles. The molecule has 2 aromatic heterocycles. The Morgan fingerprint density at radius 3 is 3.04 bits per heavy atom. The number of fused-ring (bicyclic) bond motifs is 1. The van der Waals surface area contributed by atoms with Crippen LogP contribution in [0.2, 0.25) is 0 Å². The molecule has 0 amide bonds. The molecule has 0 saturated carbocycles. The Morgan fingerprint density at radius 1 is 1.32 bits per heavy atom. The Morgan fingerprint density at radius 2 is 2.24 bits per heavy atom. The van der Waals surface area contributed by atoms with Crippen molar-refractivity contribution in [1.82, 2.24) is 9.97 Å². The summed E-state index contributed by atoms with van der Waals surface area (Å²) in [5.41, 5.74) is 1.99. The van der Waals surface area contributed by atoms with Gasteiger partial charge in [-0.05, 0) is 36.9 Å². The van der Waals surface area contributed by atoms with Gasteiger partial charge in [-0.3, -0.25) is 0 Å². The molecule has 4 rings (SSSR count). The van der Waals surface area contributed by atoms with Gasteiger partial charge >= 0.3 is 0 Å². The van der Waals surface area contributed by atoms with Crippen molar-refractivity contribution in [2.75, 3.05) is 25.1 Å². The third-order valence-electron chi connectivity index (χ3n) is 4.24. The van der Waals surface area contributed by atoms with E-state index in [1.165, 1.54) is 0 Å². The molecule has 130 valence electrons. The number of rotatable bonds is 6. The molecule has 1 saturated heterocycles. The predicted molar refractivity (Wildman–Crippen MR) is 101 cm³/mol. The van der Waals surface area contributed by atoms with Crippen LogP contribution in [-0.4, -0.2) is 41.9 Å². The van der Waals surface area contributed by atoms with Crippen LogP contribution in [0.4, 0.5) is 5.82 Å². The minimum Gasteiger partial charge on any atom is -0.379 e. The van der Waals surface area contributed by atoms with Crippen molar-refractivity contribution in [3.63, 3.8) is 0 Å². The Hall–Kier alpha value is -2.02. The number of para-hydroxylation sites is 1. The zero-order valence-electron chi connectivity index (χ0n) is 14.1. The topological polar surface area (TPSA) is 56.3 Å². The number of anilines is 1. The van der Waals surface area contributed by atoms with Crippen molar-refractivity contribution in [2.45, 2.75) is 25.5 Å². The summed E-state index contributed by atoms with van der Waals surface area (Å²) in [6.07, 6.45) is 1.19. The molecule has 25 heavy (non-hydrogen) atoms. The van der Waals surface area contributed by atoms with Crippen LogP contribution in [0.1, 0.15) is 13.3 Å². The van der Waals surface area contributed by atoms with Crippen molar-refractivity contribution in [3.8, 4) is 11.4 Å². The molecule has 1 fully saturated rings. The Labute approximate surface area is 151 Å². The van der Waals surface area contributed by atoms with Crippen LogP contribution in [-0.2, 0) is 9.47 Å². The number of nitrogens with zero attached hydrogens (tertiary/aromatic N) is 2. The standard InChI is InChI=1S/C19H21N3O2S/c1-13(10-24-15-6-8-23-11-15)20-19-16-4-2-3-5-17(16)21-18(22-19)14-7-9-25-12-14/h2-5,7,9,12-13,15H,6,8,10-11H2,1H3,(H,20,21,22). The molecule has 2 atom stereocenters. The fourth-order valence-electron chi connectivity index (χ4n) is 2.91. The van der Waals surface area contributed by atoms with Crippen LogP contribution >= 0.6 is 11.3 Å². The monoisotopic (exact) mass is 355 g/mol. The first-order valence-corrected chi connectivity index (χ1v) is 9.49. The van der Waals surface area contributed by atoms with Gasteiger partial charge in [0.1, 0.15) is 5.82 Å². The molecule has 3 heterocycles. The van der Waals surface area contributed by atoms with E-state index in [0.29, 0.717) is 13.2 Å². The number of nitrogens with one attached hydrogen (secondary N) is 1. The SMILES string of the molecule is CC(COC1CCOC1)Nc1nc(-c2ccsc2)nc2ccccc12. The molecule has 1 aromatic carbocycles. The van der Waals surface area contributed by atoms with E-state index in [9.17, 15) is 0 Å². The van der Waals surface area contributed by atoms with Gasteiger partial charge in [0, 0.05) is 29.0 Å². The van der Waals surface area contributed by atoms with E-state index in [1.807, 2.05) is 35.7 Å². The Bertz CT molecular complexity index is 832. The summed E-state index contributed by atoms with van der Waals surface area (Å²) in [6, 6.07) is 10.3. The maximum Gasteiger partial charge on any atom is 0.162 e. The molecular formula is C19H21N3O2S. The van der Waals surface area contributed by atoms with Crippen LogP contribution < -0.4 is 5.32 Å². The maximum absolute atomic E-state index is 5.92. The van der Waals surface area contributed by atoms with E-state index < -0.39 is 0 Å². The second kappa shape index (κ2) is 7.47. The van der Waals surface area contributed by atoms with Crippen LogP contribution in [0.15, 0.2) is 41.1 Å². The van der Waals surface area contributed by atoms with E-state index in [1.54, 1.807) is 11.3 Å². The van der Waals surface area contributed by atoms with Gasteiger partial charge < -0.3 is 14.8 Å². The molecule has 5 nitrogen and oxygen atoms in total. The zero-order valence-corrected chi connectivity index (χ0v) is 15.0. The second-order valence-corrected chi connectivity index (χ2v) is 7.07. The number of thiophene rings is 1. The summed E-state index contributed by atoms with van der Waals surface area (Å²) in [5, 5.41) is 8.64. The molecule has 6 heteroatoms. The van der Waals surface area contributed by atoms with Crippen molar-refractivity contribution in [1.29, 1.82) is 0 Å². The van der Waals surface area contributed by atoms with E-state index in [0.717, 1.165) is 41.1 Å². The summed E-state index contributed by atoms with van der Waals surface area (Å²) < 4.78 is 11.3. The number of hydrogen-bond acceptors (Lipinski definition) is 6. The van der Waals surface area contributed by atoms with Crippen LogP contribution in [0.3, 0.4) is 0 Å². The Kier molecular flexibility index (Phi) is 4.92. The van der Waals surface area contributed by atoms with Gasteiger partial charge in [0.25, 0.3) is 0 Å². The van der Waals surface area contributed by atoms with Gasteiger partial charge in [-0.2, -0.15) is 11.3 Å². The van der Waals surface area contributed by atoms with Crippen molar-refractivity contribution >= 4 is 28.1 Å². The number of benzene rings is 1. The zero-order chi connectivity index (χ0) is 17.1. The molecule has 0 spiro atoms. The van der Waals surface area contributed by atoms with E-state index in [-0.39, 0.29) is 12.1 Å². The highest BCUT2D eigenvalue weighted by Gasteiger charge is 2.18. The lowest BCUT2D eigenvalue weighted by atomic mass is 10.2. The lowest BCUT2D eigenvalue weighted by Gasteiger charge is -2.18. The minimum absolute atomic E-state index is 0.147. The molecule has 1 aliphatic rings. The van der Waals surface area contributed by atoms with Crippen molar-refractivity contribution in [2.24, 2.45) is 0 Å². The average molecular weight is 355 g/mol. The first-order valence-electron chi connectivity index (χ1n) is 8.55. The van der Waals surface area contributed by atoms with Crippen LogP contribution in [0.5, 0.6) is 0 Å². The first kappa shape index (κ1) is 16.4. The van der Waals surface area contributed by atoms with Crippen molar-refractivity contribution in [3.05, 3.63) is 41.1 Å². The number of aromatic nitrogens is 2. The largest absolute Gasteiger partial charge is 0.379 e. The van der Waals surface area contributed by atoms with E-state index >= 15 is 0 Å². The van der Waals surface area contributed by atoms with Gasteiger partial charge in [0.15, 0.2) is 5.82 Å². The van der Waals surface area contributed by atoms with Gasteiger partial charge in [0.2, 0.25) is 0 Å². The number of ether oxygens (including phenoxy) is 2. The summed E-state index contributed by atoms with van der Waals surface area (Å²) in [6.45, 7) is 4.23. The first-order chi connectivity index (χ1) is 12.3. The highest BCUT2D eigenvalue weighted by Crippen LogP contribution is 2.26. The molecule has 1 N–H and O–H groups in total. The summed E-state index contributed by atoms with van der Waals surface area (Å²) in [4.78, 5) is 9.47. The third-order valence-corrected chi connectivity index (χ3v) is 4.92. The van der Waals surface area contributed by atoms with Gasteiger partial charge in [-0.25, -0.2) is 9.97 Å². The van der Waals surface area contributed by atoms with Gasteiger partial charge in [-0.15, -0.1) is 0 Å². The molecule has 0 aliphatic carbocycles. The normalized spacial score (nSPS) is 18.5. The lowest BCUT2D eigenvalue weighted by Crippen LogP contribution is -2.26. The predicted octanol–water partition coefficient (Wildman–Crippen LogP) is 3.96. The molecule has 0 bridgehead atoms. The maximum atomic E-state index is 5.92. The quantitative estimate of drug-likeness (QED) is 0.725. The van der Waals surface area contributed by atoms with Gasteiger partial charge in [-0.1, -0.05) is 12.1 Å². The molecule has 0 radical (unpaired) electrons. The third kappa shape index (κ3) is 3.81. The fraction of sp³-hybridized carbons (Fsp3) is 0.368. The summed E-state index contributed by atoms with van der Waals surface area (Å²) in [5.74, 6) is 1.60. The average Bonchev–Trinajstić information content (AvgIpc) is 3.33. The second-order valence-electron chi connectivity index (χ2n) is 6.29. The van der Waals surface area contributed by atoms with E-state index in [2.05, 4.69) is 17.6 Å². The van der Waals surface area contributed by atoms with Crippen LogP contribution in [0.25, 0.3) is 22.3 Å².